The van der Waals surface area contributed by atoms with Crippen LogP contribution in [0.1, 0.15) is 47.5 Å². The minimum Gasteiger partial charge on any atom is -0.322 e. The zero-order chi connectivity index (χ0) is 17.0. The van der Waals surface area contributed by atoms with Crippen molar-refractivity contribution in [2.75, 3.05) is 19.6 Å². The van der Waals surface area contributed by atoms with Crippen molar-refractivity contribution in [1.29, 1.82) is 0 Å². The highest BCUT2D eigenvalue weighted by Gasteiger charge is 2.52. The molecule has 23 heavy (non-hydrogen) atoms. The number of imide groups is 1. The molecule has 0 radical (unpaired) electrons. The molecular formula is C17H30N4O2. The number of nitrogens with zero attached hydrogens (tertiary/aromatic N) is 2. The van der Waals surface area contributed by atoms with Crippen LogP contribution in [-0.4, -0.2) is 64.5 Å². The summed E-state index contributed by atoms with van der Waals surface area (Å²) in [5.41, 5.74) is -0.441. The Kier molecular flexibility index (Phi) is 3.96. The zero-order valence-corrected chi connectivity index (χ0v) is 15.0. The highest BCUT2D eigenvalue weighted by molar-refractivity contribution is 6.07. The molecule has 0 aromatic heterocycles. The number of hydrogen-bond acceptors (Lipinski definition) is 4. The molecule has 3 unspecified atom stereocenters. The number of hydrogen-bond donors (Lipinski definition) is 2. The second-order valence-electron chi connectivity index (χ2n) is 8.39. The lowest BCUT2D eigenvalue weighted by Crippen LogP contribution is -2.66. The molecule has 3 amide bonds. The predicted octanol–water partition coefficient (Wildman–Crippen LogP) is 1.17. The first-order valence-corrected chi connectivity index (χ1v) is 8.80. The van der Waals surface area contributed by atoms with Crippen LogP contribution in [0.5, 0.6) is 0 Å². The normalized spacial score (nSPS) is 35.5. The van der Waals surface area contributed by atoms with Gasteiger partial charge in [0.05, 0.1) is 0 Å². The molecule has 3 fully saturated rings. The Morgan fingerprint density at radius 2 is 1.96 bits per heavy atom. The van der Waals surface area contributed by atoms with E-state index in [1.807, 2.05) is 0 Å². The van der Waals surface area contributed by atoms with Gasteiger partial charge < -0.3 is 5.32 Å². The van der Waals surface area contributed by atoms with Crippen LogP contribution in [0.3, 0.4) is 0 Å². The van der Waals surface area contributed by atoms with Gasteiger partial charge in [-0.2, -0.15) is 0 Å². The zero-order valence-electron chi connectivity index (χ0n) is 15.0. The third kappa shape index (κ3) is 2.66. The van der Waals surface area contributed by atoms with Gasteiger partial charge in [0.2, 0.25) is 0 Å². The molecule has 3 aliphatic heterocycles. The van der Waals surface area contributed by atoms with Gasteiger partial charge in [-0.25, -0.2) is 4.79 Å². The van der Waals surface area contributed by atoms with Gasteiger partial charge in [0.25, 0.3) is 5.91 Å². The van der Waals surface area contributed by atoms with E-state index >= 15 is 0 Å². The van der Waals surface area contributed by atoms with Gasteiger partial charge in [0.15, 0.2) is 0 Å². The SMILES string of the molecule is CC(CC1CN(C(C)C)C1(C)C)N1CCC2(C1)NC(=O)NC2=O. The lowest BCUT2D eigenvalue weighted by molar-refractivity contribution is -0.123. The van der Waals surface area contributed by atoms with Crippen molar-refractivity contribution in [3.05, 3.63) is 0 Å². The summed E-state index contributed by atoms with van der Waals surface area (Å²) < 4.78 is 0. The third-order valence-corrected chi connectivity index (χ3v) is 6.34. The maximum atomic E-state index is 12.1. The molecule has 0 bridgehead atoms. The van der Waals surface area contributed by atoms with Crippen LogP contribution in [0.2, 0.25) is 0 Å². The van der Waals surface area contributed by atoms with Crippen LogP contribution in [0.15, 0.2) is 0 Å². The summed E-state index contributed by atoms with van der Waals surface area (Å²) in [5, 5.41) is 5.22. The van der Waals surface area contributed by atoms with E-state index < -0.39 is 5.54 Å². The molecule has 3 saturated heterocycles. The Labute approximate surface area is 139 Å². The lowest BCUT2D eigenvalue weighted by atomic mass is 9.72. The van der Waals surface area contributed by atoms with Crippen molar-refractivity contribution in [2.24, 2.45) is 5.92 Å². The summed E-state index contributed by atoms with van der Waals surface area (Å²) in [6, 6.07) is 0.666. The van der Waals surface area contributed by atoms with Crippen molar-refractivity contribution in [3.8, 4) is 0 Å². The Bertz CT molecular complexity index is 519. The van der Waals surface area contributed by atoms with E-state index in [1.165, 1.54) is 0 Å². The molecule has 0 aliphatic carbocycles. The molecule has 130 valence electrons. The number of rotatable bonds is 4. The van der Waals surface area contributed by atoms with E-state index in [0.29, 0.717) is 31.0 Å². The molecular weight excluding hydrogens is 292 g/mol. The number of nitrogens with one attached hydrogen (secondary N) is 2. The molecule has 2 N–H and O–H groups in total. The van der Waals surface area contributed by atoms with Gasteiger partial charge in [-0.05, 0) is 53.4 Å². The Morgan fingerprint density at radius 1 is 1.26 bits per heavy atom. The van der Waals surface area contributed by atoms with Gasteiger partial charge in [-0.15, -0.1) is 0 Å². The number of urea groups is 1. The van der Waals surface area contributed by atoms with Crippen LogP contribution in [-0.2, 0) is 4.79 Å². The highest BCUT2D eigenvalue weighted by atomic mass is 16.2. The maximum Gasteiger partial charge on any atom is 0.322 e. The van der Waals surface area contributed by atoms with Crippen molar-refractivity contribution in [2.45, 2.75) is 70.6 Å². The minimum absolute atomic E-state index is 0.160. The van der Waals surface area contributed by atoms with Gasteiger partial charge >= 0.3 is 6.03 Å². The number of carbonyl (C=O) groups is 2. The second-order valence-corrected chi connectivity index (χ2v) is 8.39. The largest absolute Gasteiger partial charge is 0.322 e. The minimum atomic E-state index is -0.690. The van der Waals surface area contributed by atoms with E-state index in [0.717, 1.165) is 19.5 Å². The van der Waals surface area contributed by atoms with E-state index in [2.05, 4.69) is 55.1 Å². The number of carbonyl (C=O) groups excluding carboxylic acids is 2. The maximum absolute atomic E-state index is 12.1. The molecule has 6 heteroatoms. The first-order valence-electron chi connectivity index (χ1n) is 8.80. The van der Waals surface area contributed by atoms with E-state index in [-0.39, 0.29) is 17.5 Å². The summed E-state index contributed by atoms with van der Waals surface area (Å²) in [5.74, 6) is 0.524. The monoisotopic (exact) mass is 322 g/mol. The van der Waals surface area contributed by atoms with Crippen molar-refractivity contribution in [1.82, 2.24) is 20.4 Å². The lowest BCUT2D eigenvalue weighted by Gasteiger charge is -2.58. The summed E-state index contributed by atoms with van der Waals surface area (Å²) >= 11 is 0. The van der Waals surface area contributed by atoms with Crippen LogP contribution in [0.4, 0.5) is 4.79 Å². The van der Waals surface area contributed by atoms with Crippen LogP contribution >= 0.6 is 0 Å². The topological polar surface area (TPSA) is 64.7 Å². The molecule has 1 spiro atoms. The molecule has 3 aliphatic rings. The average molecular weight is 322 g/mol. The van der Waals surface area contributed by atoms with Crippen molar-refractivity contribution in [3.63, 3.8) is 0 Å². The van der Waals surface area contributed by atoms with E-state index in [1.54, 1.807) is 0 Å². The average Bonchev–Trinajstić information content (AvgIpc) is 2.98. The summed E-state index contributed by atoms with van der Waals surface area (Å²) in [6.45, 7) is 14.1. The van der Waals surface area contributed by atoms with Crippen LogP contribution < -0.4 is 10.6 Å². The summed E-state index contributed by atoms with van der Waals surface area (Å²) in [4.78, 5) is 28.4. The molecule has 0 aromatic rings. The van der Waals surface area contributed by atoms with Gasteiger partial charge in [0.1, 0.15) is 5.54 Å². The first kappa shape index (κ1) is 16.7. The molecule has 3 rings (SSSR count). The van der Waals surface area contributed by atoms with Crippen molar-refractivity contribution >= 4 is 11.9 Å². The van der Waals surface area contributed by atoms with Gasteiger partial charge in [0, 0.05) is 37.3 Å². The second kappa shape index (κ2) is 5.45. The Morgan fingerprint density at radius 3 is 2.48 bits per heavy atom. The highest BCUT2D eigenvalue weighted by Crippen LogP contribution is 2.41. The fourth-order valence-corrected chi connectivity index (χ4v) is 4.65. The molecule has 3 heterocycles. The Balaban J connectivity index is 1.58. The fraction of sp³-hybridized carbons (Fsp3) is 0.882. The fourth-order valence-electron chi connectivity index (χ4n) is 4.65. The molecule has 0 saturated carbocycles. The van der Waals surface area contributed by atoms with E-state index in [4.69, 9.17) is 0 Å². The van der Waals surface area contributed by atoms with E-state index in [9.17, 15) is 9.59 Å². The van der Waals surface area contributed by atoms with Crippen LogP contribution in [0, 0.1) is 5.92 Å². The molecule has 6 nitrogen and oxygen atoms in total. The molecule has 0 aromatic carbocycles. The summed E-state index contributed by atoms with van der Waals surface area (Å²) in [7, 11) is 0. The van der Waals surface area contributed by atoms with Crippen LogP contribution in [0.25, 0.3) is 0 Å². The number of likely N-dealkylation sites (tertiary alicyclic amines) is 2. The predicted molar refractivity (Wildman–Crippen MR) is 89.1 cm³/mol. The molecule has 3 atom stereocenters. The third-order valence-electron chi connectivity index (χ3n) is 6.34. The standard InChI is InChI=1S/C17H30N4O2/c1-11(2)21-9-13(16(21,4)5)8-12(3)20-7-6-17(10-20)14(22)18-15(23)19-17/h11-13H,6-10H2,1-5H3,(H2,18,19,22,23). The van der Waals surface area contributed by atoms with Gasteiger partial charge in [-0.1, -0.05) is 0 Å². The first-order chi connectivity index (χ1) is 10.7. The van der Waals surface area contributed by atoms with Crippen molar-refractivity contribution < 1.29 is 9.59 Å². The Hall–Kier alpha value is -1.14. The summed E-state index contributed by atoms with van der Waals surface area (Å²) in [6.07, 6.45) is 1.85. The smallest absolute Gasteiger partial charge is 0.322 e. The number of amides is 3. The van der Waals surface area contributed by atoms with Gasteiger partial charge in [-0.3, -0.25) is 19.9 Å². The quantitative estimate of drug-likeness (QED) is 0.763.